The lowest BCUT2D eigenvalue weighted by Crippen LogP contribution is -2.39. The molecule has 2 aliphatic heterocycles. The molecule has 0 bridgehead atoms. The summed E-state index contributed by atoms with van der Waals surface area (Å²) < 4.78 is 59.2. The van der Waals surface area contributed by atoms with Gasteiger partial charge in [-0.2, -0.15) is 8.78 Å². The van der Waals surface area contributed by atoms with E-state index in [1.54, 1.807) is 12.1 Å². The lowest BCUT2D eigenvalue weighted by molar-refractivity contribution is -0.160. The van der Waals surface area contributed by atoms with Crippen LogP contribution in [-0.4, -0.2) is 58.5 Å². The van der Waals surface area contributed by atoms with Gasteiger partial charge in [-0.1, -0.05) is 56.3 Å². The first-order valence-electron chi connectivity index (χ1n) is 17.1. The second kappa shape index (κ2) is 14.0. The molecule has 49 heavy (non-hydrogen) atoms. The normalized spacial score (nSPS) is 17.7. The molecule has 266 valence electrons. The number of hydrogen-bond acceptors (Lipinski definition) is 5. The largest absolute Gasteiger partial charge is 0.479 e. The molecule has 3 heterocycles. The second-order valence-electron chi connectivity index (χ2n) is 15.5. The minimum absolute atomic E-state index is 0.192. The van der Waals surface area contributed by atoms with Gasteiger partial charge in [0.15, 0.2) is 6.10 Å². The van der Waals surface area contributed by atoms with E-state index < -0.39 is 36.4 Å². The van der Waals surface area contributed by atoms with Crippen molar-refractivity contribution in [2.24, 2.45) is 5.41 Å². The summed E-state index contributed by atoms with van der Waals surface area (Å²) in [6.45, 7) is 17.5. The molecule has 2 aromatic carbocycles. The highest BCUT2D eigenvalue weighted by atomic mass is 19.3. The Balaban J connectivity index is 1.48. The van der Waals surface area contributed by atoms with Gasteiger partial charge in [-0.3, -0.25) is 9.88 Å². The van der Waals surface area contributed by atoms with Crippen LogP contribution in [0.5, 0.6) is 0 Å². The highest BCUT2D eigenvalue weighted by molar-refractivity contribution is 5.88. The molecule has 3 aromatic rings. The number of aromatic nitrogens is 1. The molecule has 5 rings (SSSR count). The Morgan fingerprint density at radius 1 is 0.980 bits per heavy atom. The summed E-state index contributed by atoms with van der Waals surface area (Å²) in [7, 11) is 0. The third-order valence-corrected chi connectivity index (χ3v) is 9.71. The van der Waals surface area contributed by atoms with Gasteiger partial charge in [0.1, 0.15) is 0 Å². The maximum absolute atomic E-state index is 13.7. The summed E-state index contributed by atoms with van der Waals surface area (Å²) in [6, 6.07) is 12.9. The summed E-state index contributed by atoms with van der Waals surface area (Å²) in [5.41, 5.74) is 7.68. The number of benzene rings is 2. The van der Waals surface area contributed by atoms with Gasteiger partial charge in [-0.25, -0.2) is 13.6 Å². The Hall–Kier alpha value is -3.50. The monoisotopic (exact) mass is 683 g/mol. The molecule has 2 aliphatic rings. The Kier molecular flexibility index (Phi) is 10.5. The fourth-order valence-corrected chi connectivity index (χ4v) is 7.10. The van der Waals surface area contributed by atoms with E-state index in [0.29, 0.717) is 24.3 Å². The van der Waals surface area contributed by atoms with Crippen LogP contribution >= 0.6 is 0 Å². The van der Waals surface area contributed by atoms with Crippen molar-refractivity contribution in [1.29, 1.82) is 0 Å². The average molecular weight is 684 g/mol. The van der Waals surface area contributed by atoms with Gasteiger partial charge in [-0.15, -0.1) is 0 Å². The molecule has 0 saturated carbocycles. The maximum Gasteiger partial charge on any atom is 0.337 e. The Bertz CT molecular complexity index is 1670. The number of ether oxygens (including phenoxy) is 1. The Morgan fingerprint density at radius 3 is 2.29 bits per heavy atom. The number of pyridine rings is 1. The molecule has 10 heteroatoms. The summed E-state index contributed by atoms with van der Waals surface area (Å²) >= 11 is 0. The third-order valence-electron chi connectivity index (χ3n) is 9.71. The smallest absolute Gasteiger partial charge is 0.337 e. The maximum atomic E-state index is 13.7. The lowest BCUT2D eigenvalue weighted by Gasteiger charge is -2.41. The molecular weight excluding hydrogens is 634 g/mol. The van der Waals surface area contributed by atoms with Crippen LogP contribution in [-0.2, 0) is 35.5 Å². The van der Waals surface area contributed by atoms with E-state index in [1.165, 1.54) is 11.6 Å². The van der Waals surface area contributed by atoms with Crippen molar-refractivity contribution in [3.8, 4) is 11.1 Å². The van der Waals surface area contributed by atoms with Gasteiger partial charge in [0, 0.05) is 61.7 Å². The molecule has 1 saturated heterocycles. The summed E-state index contributed by atoms with van der Waals surface area (Å²) in [5.74, 6) is -5.11. The van der Waals surface area contributed by atoms with E-state index in [1.807, 2.05) is 40.7 Å². The number of piperidine rings is 1. The lowest BCUT2D eigenvalue weighted by atomic mass is 9.81. The van der Waals surface area contributed by atoms with Crippen LogP contribution in [0.25, 0.3) is 11.1 Å². The Labute approximate surface area is 287 Å². The molecule has 0 spiro atoms. The van der Waals surface area contributed by atoms with Gasteiger partial charge >= 0.3 is 18.3 Å². The van der Waals surface area contributed by atoms with E-state index in [0.717, 1.165) is 72.5 Å². The van der Waals surface area contributed by atoms with Gasteiger partial charge in [0.05, 0.1) is 11.3 Å². The number of aliphatic carboxylic acids is 1. The first kappa shape index (κ1) is 36.8. The van der Waals surface area contributed by atoms with E-state index in [9.17, 15) is 27.5 Å². The van der Waals surface area contributed by atoms with E-state index >= 15 is 0 Å². The standard InChI is InChI=1S/C39H49F4N3O3/c1-24-31(33(46-17-14-38(6,7)15-18-46)32(25(2)44-24)34(35(47)48)49-37(3,4)5)29-11-12-30-23-45(16-13-28(30)20-29)22-27-10-8-9-26(19-27)21-39(42,43)36(40)41/h8-12,19-20,34,36H,13-18,21-23H2,1-7H3,(H,47,48)/t34-/m0/s1. The zero-order chi connectivity index (χ0) is 35.9. The van der Waals surface area contributed by atoms with Crippen LogP contribution in [0.2, 0.25) is 0 Å². The number of carboxylic acids is 1. The SMILES string of the molecule is Cc1nc(C)c([C@H](OC(C)(C)C)C(=O)O)c(N2CCC(C)(C)CC2)c1-c1ccc2c(c1)CCN(Cc1cccc(CC(F)(F)C(F)F)c1)C2. The quantitative estimate of drug-likeness (QED) is 0.215. The second-order valence-corrected chi connectivity index (χ2v) is 15.5. The van der Waals surface area contributed by atoms with Crippen molar-refractivity contribution < 1.29 is 32.2 Å². The minimum atomic E-state index is -4.06. The molecule has 6 nitrogen and oxygen atoms in total. The fraction of sp³-hybridized carbons (Fsp3) is 0.538. The van der Waals surface area contributed by atoms with Crippen LogP contribution in [0.3, 0.4) is 0 Å². The van der Waals surface area contributed by atoms with Crippen molar-refractivity contribution in [3.05, 3.63) is 81.7 Å². The van der Waals surface area contributed by atoms with Gasteiger partial charge in [0.2, 0.25) is 0 Å². The van der Waals surface area contributed by atoms with Crippen molar-refractivity contribution in [2.75, 3.05) is 24.5 Å². The first-order valence-corrected chi connectivity index (χ1v) is 17.1. The topological polar surface area (TPSA) is 65.9 Å². The summed E-state index contributed by atoms with van der Waals surface area (Å²) in [5, 5.41) is 10.5. The van der Waals surface area contributed by atoms with Crippen molar-refractivity contribution in [3.63, 3.8) is 0 Å². The molecule has 0 unspecified atom stereocenters. The van der Waals surface area contributed by atoms with Crippen LogP contribution in [0.1, 0.15) is 92.8 Å². The molecule has 1 fully saturated rings. The van der Waals surface area contributed by atoms with E-state index in [2.05, 4.69) is 41.8 Å². The molecule has 0 aliphatic carbocycles. The number of alkyl halides is 4. The van der Waals surface area contributed by atoms with Gasteiger partial charge < -0.3 is 14.7 Å². The van der Waals surface area contributed by atoms with Crippen molar-refractivity contribution in [2.45, 2.75) is 111 Å². The molecule has 1 aromatic heterocycles. The van der Waals surface area contributed by atoms with Gasteiger partial charge in [0.25, 0.3) is 0 Å². The number of halogens is 4. The average Bonchev–Trinajstić information content (AvgIpc) is 2.99. The fourth-order valence-electron chi connectivity index (χ4n) is 7.10. The van der Waals surface area contributed by atoms with Crippen LogP contribution in [0.15, 0.2) is 42.5 Å². The summed E-state index contributed by atoms with van der Waals surface area (Å²) in [4.78, 5) is 22.3. The predicted molar refractivity (Wildman–Crippen MR) is 185 cm³/mol. The van der Waals surface area contributed by atoms with E-state index in [-0.39, 0.29) is 11.0 Å². The highest BCUT2D eigenvalue weighted by Gasteiger charge is 2.41. The van der Waals surface area contributed by atoms with Gasteiger partial charge in [-0.05, 0) is 87.1 Å². The molecule has 1 atom stereocenters. The number of carbonyl (C=O) groups is 1. The number of anilines is 1. The number of carboxylic acid groups (broad SMARTS) is 1. The van der Waals surface area contributed by atoms with E-state index in [4.69, 9.17) is 9.72 Å². The molecule has 1 N–H and O–H groups in total. The zero-order valence-corrected chi connectivity index (χ0v) is 29.7. The first-order chi connectivity index (χ1) is 22.8. The Morgan fingerprint density at radius 2 is 1.65 bits per heavy atom. The van der Waals surface area contributed by atoms with Crippen molar-refractivity contribution in [1.82, 2.24) is 9.88 Å². The van der Waals surface area contributed by atoms with Crippen LogP contribution in [0.4, 0.5) is 23.2 Å². The molecule has 0 amide bonds. The highest BCUT2D eigenvalue weighted by Crippen LogP contribution is 2.45. The zero-order valence-electron chi connectivity index (χ0n) is 29.7. The summed E-state index contributed by atoms with van der Waals surface area (Å²) in [6.07, 6.45) is -3.18. The number of fused-ring (bicyclic) bond motifs is 1. The minimum Gasteiger partial charge on any atom is -0.479 e. The number of aryl methyl sites for hydroxylation is 2. The van der Waals surface area contributed by atoms with Crippen LogP contribution in [0, 0.1) is 19.3 Å². The van der Waals surface area contributed by atoms with Crippen LogP contribution < -0.4 is 4.90 Å². The molecule has 0 radical (unpaired) electrons. The van der Waals surface area contributed by atoms with Crippen molar-refractivity contribution >= 4 is 11.7 Å². The number of rotatable bonds is 10. The third kappa shape index (κ3) is 8.63. The molecular formula is C39H49F4N3O3. The number of hydrogen-bond donors (Lipinski definition) is 1. The predicted octanol–water partition coefficient (Wildman–Crippen LogP) is 8.93. The number of nitrogens with zero attached hydrogens (tertiary/aromatic N) is 3.